The minimum absolute atomic E-state index is 0.414. The Labute approximate surface area is 127 Å². The van der Waals surface area contributed by atoms with Crippen LogP contribution in [0.2, 0.25) is 0 Å². The van der Waals surface area contributed by atoms with Gasteiger partial charge < -0.3 is 19.6 Å². The number of piperidine rings is 1. The zero-order chi connectivity index (χ0) is 15.5. The molecule has 0 saturated carbocycles. The Balaban J connectivity index is 2.12. The Bertz CT molecular complexity index is 469. The molecule has 0 aliphatic carbocycles. The molecular weight excluding hydrogens is 266 g/mol. The van der Waals surface area contributed by atoms with E-state index in [0.29, 0.717) is 6.61 Å². The summed E-state index contributed by atoms with van der Waals surface area (Å²) < 4.78 is 5.13. The maximum Gasteiger partial charge on any atom is 0.0913 e. The van der Waals surface area contributed by atoms with E-state index in [4.69, 9.17) is 9.72 Å². The first-order valence-electron chi connectivity index (χ1n) is 7.51. The third-order valence-corrected chi connectivity index (χ3v) is 4.00. The molecule has 1 N–H and O–H groups in total. The maximum absolute atomic E-state index is 10.4. The largest absolute Gasteiger partial charge is 0.387 e. The van der Waals surface area contributed by atoms with Crippen molar-refractivity contribution in [2.45, 2.75) is 31.9 Å². The van der Waals surface area contributed by atoms with Crippen molar-refractivity contribution in [3.8, 4) is 0 Å². The van der Waals surface area contributed by atoms with E-state index >= 15 is 0 Å². The first-order chi connectivity index (χ1) is 9.93. The SMILES string of the molecule is COCC1(O)CCN(c2ccc(C)nc2CN(C)C)CC1. The number of hydrogen-bond donors (Lipinski definition) is 1. The lowest BCUT2D eigenvalue weighted by Gasteiger charge is -2.39. The van der Waals surface area contributed by atoms with Gasteiger partial charge in [-0.05, 0) is 46.0 Å². The topological polar surface area (TPSA) is 48.8 Å². The minimum atomic E-state index is -0.676. The lowest BCUT2D eigenvalue weighted by Crippen LogP contribution is -2.47. The average molecular weight is 293 g/mol. The summed E-state index contributed by atoms with van der Waals surface area (Å²) in [6.07, 6.45) is 1.46. The number of nitrogens with zero attached hydrogens (tertiary/aromatic N) is 3. The number of ether oxygens (including phenoxy) is 1. The van der Waals surface area contributed by atoms with Crippen molar-refractivity contribution < 1.29 is 9.84 Å². The number of hydrogen-bond acceptors (Lipinski definition) is 5. The molecule has 1 saturated heterocycles. The molecule has 1 fully saturated rings. The van der Waals surface area contributed by atoms with E-state index in [2.05, 4.69) is 36.0 Å². The van der Waals surface area contributed by atoms with Crippen molar-refractivity contribution in [1.29, 1.82) is 0 Å². The van der Waals surface area contributed by atoms with Crippen molar-refractivity contribution in [3.05, 3.63) is 23.5 Å². The molecule has 0 bridgehead atoms. The van der Waals surface area contributed by atoms with Crippen LogP contribution >= 0.6 is 0 Å². The predicted octanol–water partition coefficient (Wildman–Crippen LogP) is 1.43. The number of methoxy groups -OCH3 is 1. The Hall–Kier alpha value is -1.17. The van der Waals surface area contributed by atoms with Gasteiger partial charge in [0.25, 0.3) is 0 Å². The molecule has 0 amide bonds. The molecule has 1 aromatic rings. The summed E-state index contributed by atoms with van der Waals surface area (Å²) in [6, 6.07) is 4.21. The van der Waals surface area contributed by atoms with E-state index in [1.807, 2.05) is 6.92 Å². The van der Waals surface area contributed by atoms with Crippen LogP contribution in [0.25, 0.3) is 0 Å². The standard InChI is InChI=1S/C16H27N3O2/c1-13-5-6-15(14(17-13)11-18(2)3)19-9-7-16(20,8-10-19)12-21-4/h5-6,20H,7-12H2,1-4H3. The van der Waals surface area contributed by atoms with Gasteiger partial charge in [-0.1, -0.05) is 0 Å². The molecule has 2 rings (SSSR count). The summed E-state index contributed by atoms with van der Waals surface area (Å²) in [6.45, 7) is 4.94. The molecule has 0 atom stereocenters. The number of anilines is 1. The Morgan fingerprint density at radius 1 is 1.33 bits per heavy atom. The summed E-state index contributed by atoms with van der Waals surface area (Å²) in [5, 5.41) is 10.4. The van der Waals surface area contributed by atoms with Gasteiger partial charge in [0.15, 0.2) is 0 Å². The number of aromatic nitrogens is 1. The second kappa shape index (κ2) is 6.73. The molecule has 0 unspecified atom stereocenters. The van der Waals surface area contributed by atoms with Crippen molar-refractivity contribution >= 4 is 5.69 Å². The van der Waals surface area contributed by atoms with Crippen LogP contribution in [-0.4, -0.2) is 61.5 Å². The molecule has 0 spiro atoms. The highest BCUT2D eigenvalue weighted by atomic mass is 16.5. The van der Waals surface area contributed by atoms with Crippen molar-refractivity contribution in [1.82, 2.24) is 9.88 Å². The number of aryl methyl sites for hydroxylation is 1. The zero-order valence-electron chi connectivity index (χ0n) is 13.6. The van der Waals surface area contributed by atoms with Gasteiger partial charge in [0.05, 0.1) is 23.6 Å². The highest BCUT2D eigenvalue weighted by Gasteiger charge is 2.33. The first-order valence-corrected chi connectivity index (χ1v) is 7.51. The second-order valence-electron chi connectivity index (χ2n) is 6.30. The highest BCUT2D eigenvalue weighted by molar-refractivity contribution is 5.51. The van der Waals surface area contributed by atoms with Gasteiger partial charge in [-0.15, -0.1) is 0 Å². The minimum Gasteiger partial charge on any atom is -0.387 e. The number of rotatable bonds is 5. The van der Waals surface area contributed by atoms with E-state index in [9.17, 15) is 5.11 Å². The molecule has 5 heteroatoms. The normalized spacial score (nSPS) is 18.3. The fourth-order valence-corrected chi connectivity index (χ4v) is 2.88. The van der Waals surface area contributed by atoms with Crippen LogP contribution in [0.3, 0.4) is 0 Å². The van der Waals surface area contributed by atoms with E-state index in [0.717, 1.165) is 43.9 Å². The Morgan fingerprint density at radius 3 is 2.57 bits per heavy atom. The van der Waals surface area contributed by atoms with E-state index < -0.39 is 5.60 Å². The lowest BCUT2D eigenvalue weighted by atomic mass is 9.92. The van der Waals surface area contributed by atoms with Crippen LogP contribution in [0.15, 0.2) is 12.1 Å². The second-order valence-corrected chi connectivity index (χ2v) is 6.30. The summed E-state index contributed by atoms with van der Waals surface area (Å²) >= 11 is 0. The average Bonchev–Trinajstić information content (AvgIpc) is 2.40. The zero-order valence-corrected chi connectivity index (χ0v) is 13.6. The Kier molecular flexibility index (Phi) is 5.19. The molecule has 2 heterocycles. The molecule has 21 heavy (non-hydrogen) atoms. The number of pyridine rings is 1. The molecule has 1 aliphatic heterocycles. The molecular formula is C16H27N3O2. The fourth-order valence-electron chi connectivity index (χ4n) is 2.88. The van der Waals surface area contributed by atoms with Crippen LogP contribution < -0.4 is 4.90 Å². The van der Waals surface area contributed by atoms with E-state index in [1.54, 1.807) is 7.11 Å². The molecule has 118 valence electrons. The van der Waals surface area contributed by atoms with Crippen molar-refractivity contribution in [2.24, 2.45) is 0 Å². The van der Waals surface area contributed by atoms with Gasteiger partial charge in [-0.25, -0.2) is 0 Å². The van der Waals surface area contributed by atoms with Gasteiger partial charge in [0.1, 0.15) is 0 Å². The van der Waals surface area contributed by atoms with Crippen LogP contribution in [0, 0.1) is 6.92 Å². The lowest BCUT2D eigenvalue weighted by molar-refractivity contribution is -0.0472. The van der Waals surface area contributed by atoms with Gasteiger partial charge in [0, 0.05) is 32.4 Å². The summed E-state index contributed by atoms with van der Waals surface area (Å²) in [5.74, 6) is 0. The molecule has 0 radical (unpaired) electrons. The summed E-state index contributed by atoms with van der Waals surface area (Å²) in [7, 11) is 5.76. The van der Waals surface area contributed by atoms with Gasteiger partial charge >= 0.3 is 0 Å². The summed E-state index contributed by atoms with van der Waals surface area (Å²) in [4.78, 5) is 9.15. The molecule has 1 aromatic heterocycles. The van der Waals surface area contributed by atoms with Crippen LogP contribution in [-0.2, 0) is 11.3 Å². The smallest absolute Gasteiger partial charge is 0.0913 e. The first kappa shape index (κ1) is 16.2. The maximum atomic E-state index is 10.4. The third-order valence-electron chi connectivity index (χ3n) is 4.00. The molecule has 0 aromatic carbocycles. The fraction of sp³-hybridized carbons (Fsp3) is 0.688. The predicted molar refractivity (Wildman–Crippen MR) is 84.6 cm³/mol. The van der Waals surface area contributed by atoms with Gasteiger partial charge in [-0.3, -0.25) is 4.98 Å². The van der Waals surface area contributed by atoms with Crippen molar-refractivity contribution in [3.63, 3.8) is 0 Å². The van der Waals surface area contributed by atoms with E-state index in [1.165, 1.54) is 5.69 Å². The molecule has 1 aliphatic rings. The monoisotopic (exact) mass is 293 g/mol. The van der Waals surface area contributed by atoms with Crippen LogP contribution in [0.4, 0.5) is 5.69 Å². The Morgan fingerprint density at radius 2 is 2.00 bits per heavy atom. The van der Waals surface area contributed by atoms with E-state index in [-0.39, 0.29) is 0 Å². The van der Waals surface area contributed by atoms with Crippen molar-refractivity contribution in [2.75, 3.05) is 45.8 Å². The number of aliphatic hydroxyl groups is 1. The third kappa shape index (κ3) is 4.15. The quantitative estimate of drug-likeness (QED) is 0.890. The molecule has 5 nitrogen and oxygen atoms in total. The summed E-state index contributed by atoms with van der Waals surface area (Å²) in [5.41, 5.74) is 2.67. The van der Waals surface area contributed by atoms with Gasteiger partial charge in [0.2, 0.25) is 0 Å². The van der Waals surface area contributed by atoms with Gasteiger partial charge in [-0.2, -0.15) is 0 Å². The van der Waals surface area contributed by atoms with Crippen LogP contribution in [0.1, 0.15) is 24.2 Å². The highest BCUT2D eigenvalue weighted by Crippen LogP contribution is 2.28. The van der Waals surface area contributed by atoms with Crippen LogP contribution in [0.5, 0.6) is 0 Å².